The summed E-state index contributed by atoms with van der Waals surface area (Å²) in [6.45, 7) is 1.88. The van der Waals surface area contributed by atoms with E-state index in [1.165, 1.54) is 30.1 Å². The molecular weight excluding hydrogens is 316 g/mol. The van der Waals surface area contributed by atoms with Crippen molar-refractivity contribution in [3.63, 3.8) is 0 Å². The van der Waals surface area contributed by atoms with Crippen LogP contribution in [-0.2, 0) is 9.53 Å². The summed E-state index contributed by atoms with van der Waals surface area (Å²) in [7, 11) is 1.38. The standard InChI is InChI=1S/C16H16N2O6/c1-8-6-18(7-12(24-8)16(22)23)13(19)9-3-4-10-11(5-9)15(21)17(2)14(10)20/h3-5,8,12H,6-7H2,1-2H3,(H,22,23)/t8-,12?/m1/s1. The summed E-state index contributed by atoms with van der Waals surface area (Å²) in [5.74, 6) is -2.38. The molecule has 0 spiro atoms. The van der Waals surface area contributed by atoms with Crippen LogP contribution in [0.1, 0.15) is 38.0 Å². The van der Waals surface area contributed by atoms with Crippen LogP contribution in [0.3, 0.4) is 0 Å². The number of imide groups is 1. The number of hydrogen-bond acceptors (Lipinski definition) is 5. The molecule has 0 aliphatic carbocycles. The summed E-state index contributed by atoms with van der Waals surface area (Å²) >= 11 is 0. The van der Waals surface area contributed by atoms with Crippen molar-refractivity contribution in [1.82, 2.24) is 9.80 Å². The van der Waals surface area contributed by atoms with Crippen molar-refractivity contribution >= 4 is 23.7 Å². The zero-order chi connectivity index (χ0) is 17.6. The maximum atomic E-state index is 12.7. The van der Waals surface area contributed by atoms with E-state index in [1.807, 2.05) is 0 Å². The highest BCUT2D eigenvalue weighted by atomic mass is 16.5. The van der Waals surface area contributed by atoms with Gasteiger partial charge in [-0.2, -0.15) is 0 Å². The number of hydrogen-bond donors (Lipinski definition) is 1. The lowest BCUT2D eigenvalue weighted by Crippen LogP contribution is -2.51. The van der Waals surface area contributed by atoms with Crippen molar-refractivity contribution in [2.75, 3.05) is 20.1 Å². The van der Waals surface area contributed by atoms with Gasteiger partial charge in [0, 0.05) is 19.2 Å². The van der Waals surface area contributed by atoms with Gasteiger partial charge in [0.15, 0.2) is 6.10 Å². The molecule has 2 aliphatic rings. The van der Waals surface area contributed by atoms with Crippen LogP contribution in [0.5, 0.6) is 0 Å². The van der Waals surface area contributed by atoms with Gasteiger partial charge in [0.2, 0.25) is 0 Å². The maximum absolute atomic E-state index is 12.7. The zero-order valence-corrected chi connectivity index (χ0v) is 13.2. The predicted octanol–water partition coefficient (Wildman–Crippen LogP) is 0.226. The second-order valence-electron chi connectivity index (χ2n) is 5.91. The molecular formula is C16H16N2O6. The molecule has 2 atom stereocenters. The molecule has 1 aromatic carbocycles. The normalized spacial score (nSPS) is 23.4. The summed E-state index contributed by atoms with van der Waals surface area (Å²) in [5, 5.41) is 9.10. The van der Waals surface area contributed by atoms with E-state index in [0.717, 1.165) is 4.90 Å². The maximum Gasteiger partial charge on any atom is 0.334 e. The lowest BCUT2D eigenvalue weighted by molar-refractivity contribution is -0.160. The Morgan fingerprint density at radius 2 is 1.83 bits per heavy atom. The average molecular weight is 332 g/mol. The van der Waals surface area contributed by atoms with Crippen LogP contribution in [0.2, 0.25) is 0 Å². The van der Waals surface area contributed by atoms with E-state index in [2.05, 4.69) is 0 Å². The first-order chi connectivity index (χ1) is 11.3. The van der Waals surface area contributed by atoms with Gasteiger partial charge in [-0.3, -0.25) is 19.3 Å². The average Bonchev–Trinajstić information content (AvgIpc) is 2.77. The quantitative estimate of drug-likeness (QED) is 0.777. The summed E-state index contributed by atoms with van der Waals surface area (Å²) in [6.07, 6.45) is -1.49. The van der Waals surface area contributed by atoms with Crippen LogP contribution in [-0.4, -0.2) is 70.9 Å². The van der Waals surface area contributed by atoms with Gasteiger partial charge >= 0.3 is 5.97 Å². The predicted molar refractivity (Wildman–Crippen MR) is 80.7 cm³/mol. The first-order valence-electron chi connectivity index (χ1n) is 7.43. The molecule has 126 valence electrons. The number of fused-ring (bicyclic) bond motifs is 1. The van der Waals surface area contributed by atoms with E-state index in [0.29, 0.717) is 0 Å². The van der Waals surface area contributed by atoms with Crippen molar-refractivity contribution < 1.29 is 29.0 Å². The second kappa shape index (κ2) is 5.72. The molecule has 8 nitrogen and oxygen atoms in total. The molecule has 0 bridgehead atoms. The third-order valence-corrected chi connectivity index (χ3v) is 4.16. The van der Waals surface area contributed by atoms with E-state index in [1.54, 1.807) is 6.92 Å². The fourth-order valence-corrected chi connectivity index (χ4v) is 2.93. The molecule has 2 heterocycles. The van der Waals surface area contributed by atoms with Gasteiger partial charge in [-0.15, -0.1) is 0 Å². The van der Waals surface area contributed by atoms with Gasteiger partial charge in [0.25, 0.3) is 17.7 Å². The number of aliphatic carboxylic acids is 1. The first-order valence-corrected chi connectivity index (χ1v) is 7.43. The molecule has 24 heavy (non-hydrogen) atoms. The van der Waals surface area contributed by atoms with Crippen LogP contribution in [0.4, 0.5) is 0 Å². The molecule has 1 fully saturated rings. The zero-order valence-electron chi connectivity index (χ0n) is 13.2. The number of carboxylic acid groups (broad SMARTS) is 1. The third-order valence-electron chi connectivity index (χ3n) is 4.16. The lowest BCUT2D eigenvalue weighted by atomic mass is 10.0. The van der Waals surface area contributed by atoms with Crippen molar-refractivity contribution in [2.24, 2.45) is 0 Å². The summed E-state index contributed by atoms with van der Waals surface area (Å²) in [4.78, 5) is 50.1. The highest BCUT2D eigenvalue weighted by Gasteiger charge is 2.36. The fraction of sp³-hybridized carbons (Fsp3) is 0.375. The minimum absolute atomic E-state index is 0.0671. The Hall–Kier alpha value is -2.74. The Labute approximate surface area is 137 Å². The largest absolute Gasteiger partial charge is 0.479 e. The molecule has 1 unspecified atom stereocenters. The molecule has 8 heteroatoms. The molecule has 0 saturated carbocycles. The van der Waals surface area contributed by atoms with E-state index in [9.17, 15) is 19.2 Å². The Kier molecular flexibility index (Phi) is 3.84. The third kappa shape index (κ3) is 2.54. The number of rotatable bonds is 2. The van der Waals surface area contributed by atoms with Crippen LogP contribution < -0.4 is 0 Å². The molecule has 3 rings (SSSR count). The van der Waals surface area contributed by atoms with Crippen LogP contribution in [0, 0.1) is 0 Å². The van der Waals surface area contributed by atoms with E-state index in [4.69, 9.17) is 9.84 Å². The monoisotopic (exact) mass is 332 g/mol. The topological polar surface area (TPSA) is 104 Å². The van der Waals surface area contributed by atoms with Gasteiger partial charge in [-0.25, -0.2) is 4.79 Å². The molecule has 0 aromatic heterocycles. The van der Waals surface area contributed by atoms with Crippen LogP contribution in [0.15, 0.2) is 18.2 Å². The number of amides is 3. The van der Waals surface area contributed by atoms with E-state index in [-0.39, 0.29) is 29.8 Å². The van der Waals surface area contributed by atoms with Gasteiger partial charge in [0.05, 0.1) is 23.8 Å². The van der Waals surface area contributed by atoms with Gasteiger partial charge < -0.3 is 14.7 Å². The number of carboxylic acids is 1. The number of benzene rings is 1. The highest BCUT2D eigenvalue weighted by molar-refractivity contribution is 6.21. The van der Waals surface area contributed by atoms with Crippen molar-refractivity contribution in [3.8, 4) is 0 Å². The minimum atomic E-state index is -1.13. The van der Waals surface area contributed by atoms with Gasteiger partial charge in [0.1, 0.15) is 0 Å². The summed E-state index contributed by atoms with van der Waals surface area (Å²) in [5.41, 5.74) is 0.686. The summed E-state index contributed by atoms with van der Waals surface area (Å²) < 4.78 is 5.28. The number of carbonyl (C=O) groups excluding carboxylic acids is 3. The molecule has 1 N–H and O–H groups in total. The fourth-order valence-electron chi connectivity index (χ4n) is 2.93. The number of ether oxygens (including phenoxy) is 1. The first kappa shape index (κ1) is 16.1. The molecule has 0 radical (unpaired) electrons. The summed E-state index contributed by atoms with van der Waals surface area (Å²) in [6, 6.07) is 4.31. The number of carbonyl (C=O) groups is 4. The number of morpholine rings is 1. The van der Waals surface area contributed by atoms with Gasteiger partial charge in [-0.05, 0) is 25.1 Å². The molecule has 1 aromatic rings. The van der Waals surface area contributed by atoms with Crippen LogP contribution >= 0.6 is 0 Å². The SMILES string of the molecule is C[C@@H]1CN(C(=O)c2ccc3c(c2)C(=O)N(C)C3=O)CC(C(=O)O)O1. The Bertz CT molecular complexity index is 759. The molecule has 2 aliphatic heterocycles. The van der Waals surface area contributed by atoms with Crippen molar-refractivity contribution in [2.45, 2.75) is 19.1 Å². The minimum Gasteiger partial charge on any atom is -0.479 e. The van der Waals surface area contributed by atoms with E-state index < -0.39 is 35.9 Å². The van der Waals surface area contributed by atoms with Crippen LogP contribution in [0.25, 0.3) is 0 Å². The van der Waals surface area contributed by atoms with E-state index >= 15 is 0 Å². The number of nitrogens with zero attached hydrogens (tertiary/aromatic N) is 2. The van der Waals surface area contributed by atoms with Crippen molar-refractivity contribution in [1.29, 1.82) is 0 Å². The van der Waals surface area contributed by atoms with Crippen molar-refractivity contribution in [3.05, 3.63) is 34.9 Å². The Morgan fingerprint density at radius 3 is 2.50 bits per heavy atom. The Balaban J connectivity index is 1.87. The molecule has 3 amide bonds. The lowest BCUT2D eigenvalue weighted by Gasteiger charge is -2.35. The Morgan fingerprint density at radius 1 is 1.17 bits per heavy atom. The molecule has 1 saturated heterocycles. The van der Waals surface area contributed by atoms with Gasteiger partial charge in [-0.1, -0.05) is 0 Å². The smallest absolute Gasteiger partial charge is 0.334 e. The second-order valence-corrected chi connectivity index (χ2v) is 5.91. The highest BCUT2D eigenvalue weighted by Crippen LogP contribution is 2.24.